The summed E-state index contributed by atoms with van der Waals surface area (Å²) in [6, 6.07) is 9.20. The molecule has 1 unspecified atom stereocenters. The van der Waals surface area contributed by atoms with Gasteiger partial charge in [0.1, 0.15) is 0 Å². The summed E-state index contributed by atoms with van der Waals surface area (Å²) in [5.74, 6) is 0.984. The molecule has 0 heterocycles. The SMILES string of the molecule is CC(C)(C)c1ccc(C(Br)CCC2CCCCC2)cc1. The van der Waals surface area contributed by atoms with Crippen molar-refractivity contribution < 1.29 is 0 Å². The lowest BCUT2D eigenvalue weighted by Crippen LogP contribution is -2.11. The fourth-order valence-corrected chi connectivity index (χ4v) is 3.79. The van der Waals surface area contributed by atoms with Crippen LogP contribution in [0.3, 0.4) is 0 Å². The van der Waals surface area contributed by atoms with Crippen molar-refractivity contribution in [2.75, 3.05) is 0 Å². The largest absolute Gasteiger partial charge is 0.0839 e. The zero-order valence-corrected chi connectivity index (χ0v) is 14.9. The highest BCUT2D eigenvalue weighted by Gasteiger charge is 2.17. The van der Waals surface area contributed by atoms with Gasteiger partial charge >= 0.3 is 0 Å². The molecule has 0 aliphatic heterocycles. The first kappa shape index (κ1) is 16.1. The minimum atomic E-state index is 0.252. The van der Waals surface area contributed by atoms with E-state index in [1.807, 2.05) is 0 Å². The summed E-state index contributed by atoms with van der Waals surface area (Å²) < 4.78 is 0. The Hall–Kier alpha value is -0.300. The highest BCUT2D eigenvalue weighted by atomic mass is 79.9. The highest BCUT2D eigenvalue weighted by Crippen LogP contribution is 2.34. The van der Waals surface area contributed by atoms with Gasteiger partial charge in [-0.25, -0.2) is 0 Å². The minimum Gasteiger partial charge on any atom is -0.0839 e. The highest BCUT2D eigenvalue weighted by molar-refractivity contribution is 9.09. The summed E-state index contributed by atoms with van der Waals surface area (Å²) in [5.41, 5.74) is 3.12. The molecule has 1 saturated carbocycles. The molecule has 0 saturated heterocycles. The number of halogens is 1. The van der Waals surface area contributed by atoms with Crippen LogP contribution >= 0.6 is 15.9 Å². The molecule has 1 atom stereocenters. The van der Waals surface area contributed by atoms with E-state index in [1.165, 1.54) is 56.1 Å². The van der Waals surface area contributed by atoms with E-state index in [-0.39, 0.29) is 5.41 Å². The average molecular weight is 337 g/mol. The van der Waals surface area contributed by atoms with Gasteiger partial charge in [0.05, 0.1) is 0 Å². The Morgan fingerprint density at radius 3 is 2.20 bits per heavy atom. The van der Waals surface area contributed by atoms with Crippen LogP contribution in [-0.2, 0) is 5.41 Å². The quantitative estimate of drug-likeness (QED) is 0.531. The molecule has 2 rings (SSSR count). The molecular formula is C19H29Br. The van der Waals surface area contributed by atoms with E-state index in [4.69, 9.17) is 0 Å². The van der Waals surface area contributed by atoms with E-state index < -0.39 is 0 Å². The van der Waals surface area contributed by atoms with Gasteiger partial charge in [0.2, 0.25) is 0 Å². The lowest BCUT2D eigenvalue weighted by atomic mass is 9.84. The first-order valence-electron chi connectivity index (χ1n) is 8.21. The maximum Gasteiger partial charge on any atom is 0.0395 e. The van der Waals surface area contributed by atoms with Crippen LogP contribution in [0.4, 0.5) is 0 Å². The van der Waals surface area contributed by atoms with Crippen LogP contribution in [0, 0.1) is 5.92 Å². The minimum absolute atomic E-state index is 0.252. The molecule has 20 heavy (non-hydrogen) atoms. The van der Waals surface area contributed by atoms with E-state index in [2.05, 4.69) is 61.0 Å². The molecule has 1 aromatic rings. The molecule has 1 aromatic carbocycles. The molecule has 0 N–H and O–H groups in total. The first-order chi connectivity index (χ1) is 9.47. The van der Waals surface area contributed by atoms with Crippen molar-refractivity contribution in [1.82, 2.24) is 0 Å². The van der Waals surface area contributed by atoms with E-state index in [0.29, 0.717) is 4.83 Å². The molecule has 0 aromatic heterocycles. The molecule has 0 bridgehead atoms. The zero-order chi connectivity index (χ0) is 14.6. The van der Waals surface area contributed by atoms with Gasteiger partial charge in [0.15, 0.2) is 0 Å². The van der Waals surface area contributed by atoms with Crippen molar-refractivity contribution in [3.63, 3.8) is 0 Å². The molecular weight excluding hydrogens is 308 g/mol. The Labute approximate surface area is 133 Å². The van der Waals surface area contributed by atoms with Gasteiger partial charge in [-0.15, -0.1) is 0 Å². The smallest absolute Gasteiger partial charge is 0.0395 e. The topological polar surface area (TPSA) is 0 Å². The Kier molecular flexibility index (Phi) is 5.72. The predicted octanol–water partition coefficient (Wildman–Crippen LogP) is 6.78. The summed E-state index contributed by atoms with van der Waals surface area (Å²) in [5, 5.41) is 0. The van der Waals surface area contributed by atoms with Gasteiger partial charge in [0.25, 0.3) is 0 Å². The molecule has 0 spiro atoms. The van der Waals surface area contributed by atoms with Crippen LogP contribution in [0.15, 0.2) is 24.3 Å². The molecule has 0 radical (unpaired) electrons. The Morgan fingerprint density at radius 1 is 1.05 bits per heavy atom. The normalized spacial score (nSPS) is 19.0. The number of hydrogen-bond acceptors (Lipinski definition) is 0. The Morgan fingerprint density at radius 2 is 1.65 bits per heavy atom. The van der Waals surface area contributed by atoms with Gasteiger partial charge in [-0.1, -0.05) is 93.1 Å². The maximum atomic E-state index is 3.89. The molecule has 0 nitrogen and oxygen atoms in total. The fraction of sp³-hybridized carbons (Fsp3) is 0.684. The van der Waals surface area contributed by atoms with Gasteiger partial charge < -0.3 is 0 Å². The van der Waals surface area contributed by atoms with Crippen molar-refractivity contribution >= 4 is 15.9 Å². The second-order valence-corrected chi connectivity index (χ2v) is 8.53. The lowest BCUT2D eigenvalue weighted by Gasteiger charge is -2.23. The number of benzene rings is 1. The summed E-state index contributed by atoms with van der Waals surface area (Å²) >= 11 is 3.89. The Bertz CT molecular complexity index is 393. The van der Waals surface area contributed by atoms with Crippen LogP contribution in [-0.4, -0.2) is 0 Å². The number of alkyl halides is 1. The summed E-state index contributed by atoms with van der Waals surface area (Å²) in [6.45, 7) is 6.82. The number of rotatable bonds is 4. The third kappa shape index (κ3) is 4.62. The van der Waals surface area contributed by atoms with E-state index >= 15 is 0 Å². The van der Waals surface area contributed by atoms with E-state index in [1.54, 1.807) is 0 Å². The third-order valence-corrected chi connectivity index (χ3v) is 5.68. The molecule has 0 amide bonds. The fourth-order valence-electron chi connectivity index (χ4n) is 3.22. The number of hydrogen-bond donors (Lipinski definition) is 0. The van der Waals surface area contributed by atoms with Crippen molar-refractivity contribution in [3.05, 3.63) is 35.4 Å². The summed E-state index contributed by atoms with van der Waals surface area (Å²) in [4.78, 5) is 0.526. The molecule has 1 aliphatic rings. The zero-order valence-electron chi connectivity index (χ0n) is 13.3. The molecule has 1 fully saturated rings. The van der Waals surface area contributed by atoms with Crippen LogP contribution in [0.25, 0.3) is 0 Å². The molecule has 112 valence electrons. The van der Waals surface area contributed by atoms with Gasteiger partial charge in [-0.2, -0.15) is 0 Å². The van der Waals surface area contributed by atoms with Gasteiger partial charge in [0, 0.05) is 4.83 Å². The van der Waals surface area contributed by atoms with Crippen molar-refractivity contribution in [1.29, 1.82) is 0 Å². The van der Waals surface area contributed by atoms with E-state index in [9.17, 15) is 0 Å². The average Bonchev–Trinajstić information content (AvgIpc) is 2.45. The second kappa shape index (κ2) is 7.11. The van der Waals surface area contributed by atoms with Crippen LogP contribution < -0.4 is 0 Å². The molecule has 1 aliphatic carbocycles. The lowest BCUT2D eigenvalue weighted by molar-refractivity contribution is 0.332. The summed E-state index contributed by atoms with van der Waals surface area (Å²) in [6.07, 6.45) is 9.96. The van der Waals surface area contributed by atoms with Crippen LogP contribution in [0.2, 0.25) is 0 Å². The van der Waals surface area contributed by atoms with Gasteiger partial charge in [-0.3, -0.25) is 0 Å². The predicted molar refractivity (Wildman–Crippen MR) is 92.6 cm³/mol. The van der Waals surface area contributed by atoms with Crippen molar-refractivity contribution in [2.24, 2.45) is 5.92 Å². The second-order valence-electron chi connectivity index (χ2n) is 7.42. The van der Waals surface area contributed by atoms with Crippen LogP contribution in [0.1, 0.15) is 81.7 Å². The van der Waals surface area contributed by atoms with Gasteiger partial charge in [-0.05, 0) is 35.3 Å². The van der Waals surface area contributed by atoms with E-state index in [0.717, 1.165) is 5.92 Å². The monoisotopic (exact) mass is 336 g/mol. The Balaban J connectivity index is 1.87. The molecule has 1 heteroatoms. The van der Waals surface area contributed by atoms with Crippen LogP contribution in [0.5, 0.6) is 0 Å². The van der Waals surface area contributed by atoms with Crippen molar-refractivity contribution in [3.8, 4) is 0 Å². The standard InChI is InChI=1S/C19H29Br/c1-19(2,3)17-12-10-16(11-13-17)18(20)14-9-15-7-5-4-6-8-15/h10-13,15,18H,4-9,14H2,1-3H3. The summed E-state index contributed by atoms with van der Waals surface area (Å²) in [7, 11) is 0. The maximum absolute atomic E-state index is 3.89. The van der Waals surface area contributed by atoms with Crippen molar-refractivity contribution in [2.45, 2.75) is 76.0 Å². The first-order valence-corrected chi connectivity index (χ1v) is 9.13. The third-order valence-electron chi connectivity index (χ3n) is 4.69.